The molecule has 0 heterocycles. The predicted molar refractivity (Wildman–Crippen MR) is 69.4 cm³/mol. The summed E-state index contributed by atoms with van der Waals surface area (Å²) in [6, 6.07) is 4.81. The predicted octanol–water partition coefficient (Wildman–Crippen LogP) is 2.93. The molecule has 0 bridgehead atoms. The standard InChI is InChI=1S/C13H17ClO4/c1-16-7-3-4-8-18-13(15)11-6-5-10(14)9-12(11)17-2/h5-6,9H,3-4,7-8H2,1-2H3. The highest BCUT2D eigenvalue weighted by molar-refractivity contribution is 6.30. The second-order valence-electron chi connectivity index (χ2n) is 3.68. The van der Waals surface area contributed by atoms with Gasteiger partial charge in [-0.2, -0.15) is 0 Å². The van der Waals surface area contributed by atoms with Crippen LogP contribution in [0.2, 0.25) is 5.02 Å². The number of halogens is 1. The van der Waals surface area contributed by atoms with E-state index in [1.807, 2.05) is 0 Å². The number of unbranched alkanes of at least 4 members (excludes halogenated alkanes) is 1. The lowest BCUT2D eigenvalue weighted by Gasteiger charge is -2.09. The Morgan fingerprint density at radius 2 is 1.94 bits per heavy atom. The molecule has 0 unspecified atom stereocenters. The maximum Gasteiger partial charge on any atom is 0.341 e. The van der Waals surface area contributed by atoms with Gasteiger partial charge in [-0.3, -0.25) is 0 Å². The van der Waals surface area contributed by atoms with E-state index < -0.39 is 5.97 Å². The molecule has 0 amide bonds. The van der Waals surface area contributed by atoms with E-state index in [2.05, 4.69) is 0 Å². The smallest absolute Gasteiger partial charge is 0.341 e. The Morgan fingerprint density at radius 1 is 1.22 bits per heavy atom. The van der Waals surface area contributed by atoms with Crippen molar-refractivity contribution in [2.75, 3.05) is 27.4 Å². The van der Waals surface area contributed by atoms with Crippen LogP contribution in [0.3, 0.4) is 0 Å². The molecule has 1 aromatic carbocycles. The van der Waals surface area contributed by atoms with E-state index in [4.69, 9.17) is 25.8 Å². The van der Waals surface area contributed by atoms with Crippen molar-refractivity contribution < 1.29 is 19.0 Å². The van der Waals surface area contributed by atoms with E-state index in [1.165, 1.54) is 7.11 Å². The van der Waals surface area contributed by atoms with Crippen LogP contribution in [0.5, 0.6) is 5.75 Å². The van der Waals surface area contributed by atoms with Crippen LogP contribution in [0.4, 0.5) is 0 Å². The van der Waals surface area contributed by atoms with Crippen LogP contribution in [0.1, 0.15) is 23.2 Å². The summed E-state index contributed by atoms with van der Waals surface area (Å²) < 4.78 is 15.1. The van der Waals surface area contributed by atoms with Crippen LogP contribution < -0.4 is 4.74 Å². The van der Waals surface area contributed by atoms with Crippen molar-refractivity contribution in [1.82, 2.24) is 0 Å². The Morgan fingerprint density at radius 3 is 2.61 bits per heavy atom. The highest BCUT2D eigenvalue weighted by Gasteiger charge is 2.13. The van der Waals surface area contributed by atoms with Crippen molar-refractivity contribution in [1.29, 1.82) is 0 Å². The largest absolute Gasteiger partial charge is 0.496 e. The topological polar surface area (TPSA) is 44.8 Å². The maximum atomic E-state index is 11.8. The summed E-state index contributed by atoms with van der Waals surface area (Å²) in [6.07, 6.45) is 1.64. The van der Waals surface area contributed by atoms with Gasteiger partial charge >= 0.3 is 5.97 Å². The zero-order valence-electron chi connectivity index (χ0n) is 10.6. The number of ether oxygens (including phenoxy) is 3. The van der Waals surface area contributed by atoms with Crippen LogP contribution in [-0.4, -0.2) is 33.4 Å². The number of methoxy groups -OCH3 is 2. The molecule has 0 fully saturated rings. The fourth-order valence-corrected chi connectivity index (χ4v) is 1.59. The Bertz CT molecular complexity index is 393. The Hall–Kier alpha value is -1.26. The quantitative estimate of drug-likeness (QED) is 0.565. The lowest BCUT2D eigenvalue weighted by atomic mass is 10.2. The number of carbonyl (C=O) groups is 1. The number of hydrogen-bond donors (Lipinski definition) is 0. The molecule has 0 spiro atoms. The molecule has 18 heavy (non-hydrogen) atoms. The molecule has 1 aromatic rings. The molecule has 1 rings (SSSR count). The van der Waals surface area contributed by atoms with Crippen LogP contribution in [0.15, 0.2) is 18.2 Å². The molecule has 0 aliphatic heterocycles. The number of esters is 1. The number of hydrogen-bond acceptors (Lipinski definition) is 4. The highest BCUT2D eigenvalue weighted by Crippen LogP contribution is 2.23. The maximum absolute atomic E-state index is 11.8. The molecule has 0 atom stereocenters. The molecule has 4 nitrogen and oxygen atoms in total. The average Bonchev–Trinajstić information content (AvgIpc) is 2.38. The van der Waals surface area contributed by atoms with Gasteiger partial charge < -0.3 is 14.2 Å². The summed E-state index contributed by atoms with van der Waals surface area (Å²) in [7, 11) is 3.13. The van der Waals surface area contributed by atoms with Gasteiger partial charge in [0.2, 0.25) is 0 Å². The van der Waals surface area contributed by atoms with Crippen LogP contribution in [0, 0.1) is 0 Å². The lowest BCUT2D eigenvalue weighted by molar-refractivity contribution is 0.0485. The van der Waals surface area contributed by atoms with E-state index in [0.29, 0.717) is 29.5 Å². The summed E-state index contributed by atoms with van der Waals surface area (Å²) in [4.78, 5) is 11.8. The molecule has 0 saturated carbocycles. The summed E-state index contributed by atoms with van der Waals surface area (Å²) >= 11 is 5.82. The first-order valence-corrected chi connectivity index (χ1v) is 6.06. The summed E-state index contributed by atoms with van der Waals surface area (Å²) in [5.41, 5.74) is 0.383. The Kier molecular flexibility index (Phi) is 6.54. The summed E-state index contributed by atoms with van der Waals surface area (Å²) in [5.74, 6) is 0.0188. The van der Waals surface area contributed by atoms with Crippen molar-refractivity contribution in [2.45, 2.75) is 12.8 Å². The minimum atomic E-state index is -0.402. The third kappa shape index (κ3) is 4.55. The van der Waals surface area contributed by atoms with Gasteiger partial charge in [-0.15, -0.1) is 0 Å². The molecule has 0 saturated heterocycles. The Balaban J connectivity index is 2.51. The van der Waals surface area contributed by atoms with Crippen LogP contribution in [0.25, 0.3) is 0 Å². The number of rotatable bonds is 7. The van der Waals surface area contributed by atoms with Gasteiger partial charge in [0.05, 0.1) is 13.7 Å². The van der Waals surface area contributed by atoms with Crippen molar-refractivity contribution in [3.05, 3.63) is 28.8 Å². The van der Waals surface area contributed by atoms with Crippen LogP contribution in [-0.2, 0) is 9.47 Å². The molecule has 5 heteroatoms. The van der Waals surface area contributed by atoms with Gasteiger partial charge in [0.1, 0.15) is 11.3 Å². The summed E-state index contributed by atoms with van der Waals surface area (Å²) in [5, 5.41) is 0.517. The monoisotopic (exact) mass is 272 g/mol. The molecule has 0 aliphatic rings. The van der Waals surface area contributed by atoms with Gasteiger partial charge in [-0.05, 0) is 31.0 Å². The lowest BCUT2D eigenvalue weighted by Crippen LogP contribution is -2.08. The zero-order valence-corrected chi connectivity index (χ0v) is 11.3. The fraction of sp³-hybridized carbons (Fsp3) is 0.462. The minimum Gasteiger partial charge on any atom is -0.496 e. The van der Waals surface area contributed by atoms with Crippen molar-refractivity contribution in [3.8, 4) is 5.75 Å². The van der Waals surface area contributed by atoms with Gasteiger partial charge in [0.25, 0.3) is 0 Å². The van der Waals surface area contributed by atoms with E-state index in [9.17, 15) is 4.79 Å². The molecule has 100 valence electrons. The van der Waals surface area contributed by atoms with Gasteiger partial charge in [0.15, 0.2) is 0 Å². The molecular weight excluding hydrogens is 256 g/mol. The third-order valence-electron chi connectivity index (χ3n) is 2.36. The van der Waals surface area contributed by atoms with E-state index >= 15 is 0 Å². The fourth-order valence-electron chi connectivity index (χ4n) is 1.42. The normalized spacial score (nSPS) is 10.2. The van der Waals surface area contributed by atoms with Crippen molar-refractivity contribution in [3.63, 3.8) is 0 Å². The average molecular weight is 273 g/mol. The first-order chi connectivity index (χ1) is 8.69. The van der Waals surface area contributed by atoms with E-state index in [0.717, 1.165) is 12.8 Å². The summed E-state index contributed by atoms with van der Waals surface area (Å²) in [6.45, 7) is 1.04. The number of carbonyl (C=O) groups excluding carboxylic acids is 1. The molecule has 0 aliphatic carbocycles. The molecule has 0 N–H and O–H groups in total. The second-order valence-corrected chi connectivity index (χ2v) is 4.12. The van der Waals surface area contributed by atoms with Crippen molar-refractivity contribution in [2.24, 2.45) is 0 Å². The molecule has 0 aromatic heterocycles. The van der Waals surface area contributed by atoms with Crippen molar-refractivity contribution >= 4 is 17.6 Å². The van der Waals surface area contributed by atoms with E-state index in [1.54, 1.807) is 25.3 Å². The zero-order chi connectivity index (χ0) is 13.4. The van der Waals surface area contributed by atoms with Crippen LogP contribution >= 0.6 is 11.6 Å². The number of benzene rings is 1. The SMILES string of the molecule is COCCCCOC(=O)c1ccc(Cl)cc1OC. The van der Waals surface area contributed by atoms with E-state index in [-0.39, 0.29) is 0 Å². The molecular formula is C13H17ClO4. The second kappa shape index (κ2) is 7.95. The first kappa shape index (κ1) is 14.8. The first-order valence-electron chi connectivity index (χ1n) is 5.68. The third-order valence-corrected chi connectivity index (χ3v) is 2.59. The van der Waals surface area contributed by atoms with Gasteiger partial charge in [0, 0.05) is 18.7 Å². The minimum absolute atomic E-state index is 0.369. The van der Waals surface area contributed by atoms with Gasteiger partial charge in [-0.25, -0.2) is 4.79 Å². The highest BCUT2D eigenvalue weighted by atomic mass is 35.5. The Labute approximate surface area is 112 Å². The molecule has 0 radical (unpaired) electrons. The van der Waals surface area contributed by atoms with Gasteiger partial charge in [-0.1, -0.05) is 11.6 Å².